The number of rotatable bonds is 6. The van der Waals surface area contributed by atoms with E-state index in [0.717, 1.165) is 22.6 Å². The van der Waals surface area contributed by atoms with Crippen LogP contribution in [0.15, 0.2) is 47.4 Å². The summed E-state index contributed by atoms with van der Waals surface area (Å²) >= 11 is 13.0. The van der Waals surface area contributed by atoms with Crippen LogP contribution in [0.4, 0.5) is 0 Å². The van der Waals surface area contributed by atoms with E-state index >= 15 is 0 Å². The molecule has 0 aliphatic carbocycles. The Bertz CT molecular complexity index is 1530. The summed E-state index contributed by atoms with van der Waals surface area (Å²) in [5, 5.41) is 0.201. The molecule has 8 nitrogen and oxygen atoms in total. The Morgan fingerprint density at radius 2 is 1.78 bits per heavy atom. The molecule has 0 atom stereocenters. The van der Waals surface area contributed by atoms with E-state index in [1.54, 1.807) is 43.5 Å². The van der Waals surface area contributed by atoms with E-state index in [1.165, 1.54) is 11.7 Å². The van der Waals surface area contributed by atoms with Crippen molar-refractivity contribution in [1.82, 2.24) is 24.5 Å². The smallest absolute Gasteiger partial charge is 0.280 e. The SMILES string of the molecule is COc1cccc(COc2nc(C)n(-c3cc(-c4nc(C(C)(C)C)ncc4C)ccc3Cl)c(=O)c2Cl)n1. The largest absolute Gasteiger partial charge is 0.481 e. The molecule has 0 saturated carbocycles. The zero-order valence-corrected chi connectivity index (χ0v) is 23.0. The lowest BCUT2D eigenvalue weighted by atomic mass is 9.95. The summed E-state index contributed by atoms with van der Waals surface area (Å²) in [6, 6.07) is 10.7. The molecule has 3 heterocycles. The lowest BCUT2D eigenvalue weighted by Crippen LogP contribution is -2.24. The molecule has 0 aliphatic heterocycles. The van der Waals surface area contributed by atoms with Crippen LogP contribution < -0.4 is 15.0 Å². The second-order valence-electron chi connectivity index (χ2n) is 9.52. The average molecular weight is 540 g/mol. The molecule has 0 bridgehead atoms. The third-order valence-electron chi connectivity index (χ3n) is 5.62. The van der Waals surface area contributed by atoms with Gasteiger partial charge in [0.2, 0.25) is 11.8 Å². The van der Waals surface area contributed by atoms with Crippen molar-refractivity contribution in [3.05, 3.63) is 85.9 Å². The zero-order chi connectivity index (χ0) is 26.9. The van der Waals surface area contributed by atoms with Crippen LogP contribution >= 0.6 is 23.2 Å². The van der Waals surface area contributed by atoms with Gasteiger partial charge < -0.3 is 9.47 Å². The van der Waals surface area contributed by atoms with Gasteiger partial charge in [-0.2, -0.15) is 4.98 Å². The second-order valence-corrected chi connectivity index (χ2v) is 10.3. The first-order valence-electron chi connectivity index (χ1n) is 11.6. The number of nitrogens with zero attached hydrogens (tertiary/aromatic N) is 5. The van der Waals surface area contributed by atoms with Crippen LogP contribution in [-0.4, -0.2) is 31.6 Å². The van der Waals surface area contributed by atoms with Crippen LogP contribution in [0.2, 0.25) is 10.0 Å². The fraction of sp³-hybridized carbons (Fsp3) is 0.296. The molecule has 4 aromatic rings. The highest BCUT2D eigenvalue weighted by molar-refractivity contribution is 6.33. The van der Waals surface area contributed by atoms with E-state index in [1.807, 2.05) is 13.0 Å². The van der Waals surface area contributed by atoms with Crippen molar-refractivity contribution in [2.45, 2.75) is 46.6 Å². The topological polar surface area (TPSA) is 92.0 Å². The molecule has 0 N–H and O–H groups in total. The number of hydrogen-bond acceptors (Lipinski definition) is 7. The van der Waals surface area contributed by atoms with Crippen LogP contribution in [0.3, 0.4) is 0 Å². The summed E-state index contributed by atoms with van der Waals surface area (Å²) in [6.07, 6.45) is 1.80. The number of aromatic nitrogens is 5. The highest BCUT2D eigenvalue weighted by Crippen LogP contribution is 2.31. The summed E-state index contributed by atoms with van der Waals surface area (Å²) in [6.45, 7) is 9.85. The van der Waals surface area contributed by atoms with Crippen LogP contribution in [-0.2, 0) is 12.0 Å². The quantitative estimate of drug-likeness (QED) is 0.301. The first-order chi connectivity index (χ1) is 17.5. The van der Waals surface area contributed by atoms with Crippen molar-refractivity contribution >= 4 is 23.2 Å². The standard InChI is InChI=1S/C27H27Cl2N5O3/c1-15-13-30-26(27(3,4)5)33-23(15)17-10-11-19(28)20(12-17)34-16(2)31-24(22(29)25(34)35)37-14-18-8-7-9-21(32-18)36-6/h7-13H,14H2,1-6H3. The van der Waals surface area contributed by atoms with Gasteiger partial charge in [0.1, 0.15) is 18.3 Å². The van der Waals surface area contributed by atoms with Crippen molar-refractivity contribution in [3.8, 4) is 28.7 Å². The number of halogens is 2. The summed E-state index contributed by atoms with van der Waals surface area (Å²) in [5.41, 5.74) is 2.76. The third-order valence-corrected chi connectivity index (χ3v) is 6.26. The molecule has 0 spiro atoms. The van der Waals surface area contributed by atoms with Crippen molar-refractivity contribution < 1.29 is 9.47 Å². The number of methoxy groups -OCH3 is 1. The van der Waals surface area contributed by atoms with Crippen molar-refractivity contribution in [1.29, 1.82) is 0 Å². The molecule has 0 unspecified atom stereocenters. The molecule has 37 heavy (non-hydrogen) atoms. The average Bonchev–Trinajstić information content (AvgIpc) is 2.86. The van der Waals surface area contributed by atoms with Crippen LogP contribution in [0.25, 0.3) is 16.9 Å². The van der Waals surface area contributed by atoms with Gasteiger partial charge in [-0.25, -0.2) is 15.0 Å². The summed E-state index contributed by atoms with van der Waals surface area (Å²) in [4.78, 5) is 31.4. The maximum Gasteiger partial charge on any atom is 0.280 e. The Hall–Kier alpha value is -3.49. The van der Waals surface area contributed by atoms with Gasteiger partial charge in [-0.3, -0.25) is 9.36 Å². The van der Waals surface area contributed by atoms with Gasteiger partial charge in [0.15, 0.2) is 5.02 Å². The predicted molar refractivity (Wildman–Crippen MR) is 144 cm³/mol. The van der Waals surface area contributed by atoms with E-state index in [2.05, 4.69) is 35.7 Å². The molecule has 192 valence electrons. The predicted octanol–water partition coefficient (Wildman–Crippen LogP) is 5.89. The monoisotopic (exact) mass is 539 g/mol. The van der Waals surface area contributed by atoms with Crippen LogP contribution in [0.1, 0.15) is 43.7 Å². The Morgan fingerprint density at radius 1 is 1.03 bits per heavy atom. The van der Waals surface area contributed by atoms with E-state index in [4.69, 9.17) is 37.7 Å². The highest BCUT2D eigenvalue weighted by atomic mass is 35.5. The molecular weight excluding hydrogens is 513 g/mol. The van der Waals surface area contributed by atoms with Gasteiger partial charge in [0.05, 0.1) is 29.2 Å². The molecule has 0 fully saturated rings. The van der Waals surface area contributed by atoms with E-state index in [-0.39, 0.29) is 22.9 Å². The molecule has 0 saturated heterocycles. The van der Waals surface area contributed by atoms with Gasteiger partial charge in [-0.15, -0.1) is 0 Å². The number of pyridine rings is 1. The normalized spacial score (nSPS) is 11.5. The second kappa shape index (κ2) is 10.5. The van der Waals surface area contributed by atoms with Gasteiger partial charge in [0, 0.05) is 23.2 Å². The fourth-order valence-corrected chi connectivity index (χ4v) is 4.07. The van der Waals surface area contributed by atoms with E-state index < -0.39 is 5.56 Å². The van der Waals surface area contributed by atoms with Crippen molar-refractivity contribution in [3.63, 3.8) is 0 Å². The maximum atomic E-state index is 13.4. The molecule has 0 aliphatic rings. The first-order valence-corrected chi connectivity index (χ1v) is 12.3. The van der Waals surface area contributed by atoms with Crippen molar-refractivity contribution in [2.24, 2.45) is 0 Å². The summed E-state index contributed by atoms with van der Waals surface area (Å²) in [5.74, 6) is 1.54. The van der Waals surface area contributed by atoms with Gasteiger partial charge in [0.25, 0.3) is 5.56 Å². The number of ether oxygens (including phenoxy) is 2. The Balaban J connectivity index is 1.73. The van der Waals surface area contributed by atoms with Crippen LogP contribution in [0, 0.1) is 13.8 Å². The van der Waals surface area contributed by atoms with Crippen LogP contribution in [0.5, 0.6) is 11.8 Å². The Morgan fingerprint density at radius 3 is 2.49 bits per heavy atom. The Labute approximate surface area is 225 Å². The number of benzene rings is 1. The molecule has 1 aromatic carbocycles. The molecule has 10 heteroatoms. The minimum absolute atomic E-state index is 0.0128. The molecule has 0 amide bonds. The highest BCUT2D eigenvalue weighted by Gasteiger charge is 2.21. The lowest BCUT2D eigenvalue weighted by molar-refractivity contribution is 0.284. The molecular formula is C27H27Cl2N5O3. The van der Waals surface area contributed by atoms with E-state index in [0.29, 0.717) is 28.1 Å². The number of aryl methyl sites for hydroxylation is 2. The molecule has 3 aromatic heterocycles. The Kier molecular flexibility index (Phi) is 7.52. The zero-order valence-electron chi connectivity index (χ0n) is 21.5. The van der Waals surface area contributed by atoms with Gasteiger partial charge in [-0.05, 0) is 37.6 Å². The minimum Gasteiger partial charge on any atom is -0.481 e. The molecule has 4 rings (SSSR count). The number of hydrogen-bond donors (Lipinski definition) is 0. The summed E-state index contributed by atoms with van der Waals surface area (Å²) in [7, 11) is 1.53. The minimum atomic E-state index is -0.503. The molecule has 0 radical (unpaired) electrons. The lowest BCUT2D eigenvalue weighted by Gasteiger charge is -2.19. The fourth-order valence-electron chi connectivity index (χ4n) is 3.68. The van der Waals surface area contributed by atoms with E-state index in [9.17, 15) is 4.79 Å². The van der Waals surface area contributed by atoms with Gasteiger partial charge >= 0.3 is 0 Å². The first kappa shape index (κ1) is 26.6. The third kappa shape index (κ3) is 5.60. The maximum absolute atomic E-state index is 13.4. The summed E-state index contributed by atoms with van der Waals surface area (Å²) < 4.78 is 12.2. The van der Waals surface area contributed by atoms with Gasteiger partial charge in [-0.1, -0.05) is 56.1 Å². The van der Waals surface area contributed by atoms with Crippen molar-refractivity contribution in [2.75, 3.05) is 7.11 Å².